The molecule has 1 amide bonds. The number of ether oxygens (including phenoxy) is 1. The van der Waals surface area contributed by atoms with Crippen LogP contribution in [-0.4, -0.2) is 50.1 Å². The Labute approximate surface area is 176 Å². The number of hydrogen-bond donors (Lipinski definition) is 0. The lowest BCUT2D eigenvalue weighted by Crippen LogP contribution is -2.36. The Bertz CT molecular complexity index is 932. The Balaban J connectivity index is 0.00000280. The van der Waals surface area contributed by atoms with Gasteiger partial charge in [-0.3, -0.25) is 9.69 Å². The fourth-order valence-corrected chi connectivity index (χ4v) is 3.85. The van der Waals surface area contributed by atoms with E-state index >= 15 is 0 Å². The van der Waals surface area contributed by atoms with E-state index in [0.717, 1.165) is 21.9 Å². The zero-order chi connectivity index (χ0) is 19.6. The summed E-state index contributed by atoms with van der Waals surface area (Å²) in [5.41, 5.74) is 3.97. The summed E-state index contributed by atoms with van der Waals surface area (Å²) in [6.07, 6.45) is 0. The van der Waals surface area contributed by atoms with Crippen LogP contribution in [0.25, 0.3) is 10.2 Å². The first-order valence-corrected chi connectivity index (χ1v) is 9.69. The van der Waals surface area contributed by atoms with Gasteiger partial charge in [0.05, 0.1) is 17.3 Å². The van der Waals surface area contributed by atoms with Gasteiger partial charge in [-0.05, 0) is 69.4 Å². The largest absolute Gasteiger partial charge is 0.497 e. The number of anilines is 1. The lowest BCUT2D eigenvalue weighted by molar-refractivity contribution is 0.0985. The fraction of sp³-hybridized carbons (Fsp3) is 0.333. The number of aryl methyl sites for hydroxylation is 2. The van der Waals surface area contributed by atoms with Gasteiger partial charge in [0, 0.05) is 18.7 Å². The predicted molar refractivity (Wildman–Crippen MR) is 120 cm³/mol. The van der Waals surface area contributed by atoms with Crippen molar-refractivity contribution in [2.75, 3.05) is 39.2 Å². The van der Waals surface area contributed by atoms with Crippen molar-refractivity contribution in [2.24, 2.45) is 0 Å². The summed E-state index contributed by atoms with van der Waals surface area (Å²) in [5, 5.41) is 0.727. The van der Waals surface area contributed by atoms with Crippen molar-refractivity contribution in [3.05, 3.63) is 53.1 Å². The average Bonchev–Trinajstić information content (AvgIpc) is 3.04. The molecule has 28 heavy (non-hydrogen) atoms. The summed E-state index contributed by atoms with van der Waals surface area (Å²) in [6.45, 7) is 5.50. The van der Waals surface area contributed by atoms with Gasteiger partial charge in [-0.2, -0.15) is 0 Å². The van der Waals surface area contributed by atoms with E-state index in [-0.39, 0.29) is 18.3 Å². The number of likely N-dealkylation sites (N-methyl/N-ethyl adjacent to an activating group) is 1. The standard InChI is InChI=1S/C21H25N3O2S.ClH/c1-14-11-18-19(12-15(14)2)27-21(22-18)24(10-9-23(3)4)20(25)16-7-6-8-17(13-16)26-5;/h6-8,11-13H,9-10H2,1-5H3;1H. The SMILES string of the molecule is COc1cccc(C(=O)N(CCN(C)C)c2nc3cc(C)c(C)cc3s2)c1.Cl. The lowest BCUT2D eigenvalue weighted by atomic mass is 10.1. The molecule has 0 atom stereocenters. The third-order valence-electron chi connectivity index (χ3n) is 4.56. The van der Waals surface area contributed by atoms with Crippen molar-refractivity contribution in [2.45, 2.75) is 13.8 Å². The van der Waals surface area contributed by atoms with E-state index in [9.17, 15) is 4.79 Å². The van der Waals surface area contributed by atoms with Crippen LogP contribution in [0.3, 0.4) is 0 Å². The quantitative estimate of drug-likeness (QED) is 0.587. The lowest BCUT2D eigenvalue weighted by Gasteiger charge is -2.22. The first kappa shape index (κ1) is 22.1. The minimum atomic E-state index is -0.0664. The Morgan fingerprint density at radius 3 is 2.50 bits per heavy atom. The van der Waals surface area contributed by atoms with Crippen molar-refractivity contribution in [3.63, 3.8) is 0 Å². The third-order valence-corrected chi connectivity index (χ3v) is 5.60. The molecular weight excluding hydrogens is 394 g/mol. The number of halogens is 1. The van der Waals surface area contributed by atoms with Crippen LogP contribution in [0.1, 0.15) is 21.5 Å². The zero-order valence-electron chi connectivity index (χ0n) is 16.9. The molecule has 3 rings (SSSR count). The minimum Gasteiger partial charge on any atom is -0.497 e. The Morgan fingerprint density at radius 1 is 1.11 bits per heavy atom. The third kappa shape index (κ3) is 4.82. The second-order valence-electron chi connectivity index (χ2n) is 6.89. The van der Waals surface area contributed by atoms with Crippen molar-refractivity contribution < 1.29 is 9.53 Å². The predicted octanol–water partition coefficient (Wildman–Crippen LogP) is 4.55. The second kappa shape index (κ2) is 9.37. The zero-order valence-corrected chi connectivity index (χ0v) is 18.5. The summed E-state index contributed by atoms with van der Waals surface area (Å²) >= 11 is 1.56. The molecule has 150 valence electrons. The number of nitrogens with zero attached hydrogens (tertiary/aromatic N) is 3. The number of fused-ring (bicyclic) bond motifs is 1. The Kier molecular flexibility index (Phi) is 7.41. The molecule has 0 radical (unpaired) electrons. The van der Waals surface area contributed by atoms with Crippen LogP contribution in [-0.2, 0) is 0 Å². The van der Waals surface area contributed by atoms with Crippen molar-refractivity contribution >= 4 is 45.0 Å². The molecule has 0 N–H and O–H groups in total. The highest BCUT2D eigenvalue weighted by molar-refractivity contribution is 7.22. The van der Waals surface area contributed by atoms with Gasteiger partial charge in [-0.1, -0.05) is 17.4 Å². The molecule has 2 aromatic carbocycles. The number of thiazole rings is 1. The van der Waals surface area contributed by atoms with Gasteiger partial charge in [0.15, 0.2) is 5.13 Å². The smallest absolute Gasteiger partial charge is 0.260 e. The van der Waals surface area contributed by atoms with Gasteiger partial charge in [-0.25, -0.2) is 4.98 Å². The topological polar surface area (TPSA) is 45.7 Å². The van der Waals surface area contributed by atoms with E-state index in [1.165, 1.54) is 11.1 Å². The molecule has 5 nitrogen and oxygen atoms in total. The van der Waals surface area contributed by atoms with E-state index in [1.54, 1.807) is 29.4 Å². The molecule has 0 saturated carbocycles. The van der Waals surface area contributed by atoms with Gasteiger partial charge < -0.3 is 9.64 Å². The molecule has 0 fully saturated rings. The maximum atomic E-state index is 13.3. The molecule has 0 aliphatic rings. The highest BCUT2D eigenvalue weighted by Gasteiger charge is 2.22. The summed E-state index contributed by atoms with van der Waals surface area (Å²) < 4.78 is 6.37. The van der Waals surface area contributed by atoms with E-state index in [2.05, 4.69) is 30.9 Å². The molecule has 0 bridgehead atoms. The average molecular weight is 420 g/mol. The summed E-state index contributed by atoms with van der Waals surface area (Å²) in [4.78, 5) is 21.8. The molecule has 1 heterocycles. The number of amides is 1. The minimum absolute atomic E-state index is 0. The number of benzene rings is 2. The van der Waals surface area contributed by atoms with Crippen LogP contribution < -0.4 is 9.64 Å². The van der Waals surface area contributed by atoms with Crippen molar-refractivity contribution in [3.8, 4) is 5.75 Å². The Hall–Kier alpha value is -2.15. The first-order chi connectivity index (χ1) is 12.9. The van der Waals surface area contributed by atoms with Gasteiger partial charge in [0.25, 0.3) is 5.91 Å². The van der Waals surface area contributed by atoms with E-state index < -0.39 is 0 Å². The molecule has 0 aliphatic heterocycles. The molecule has 0 saturated heterocycles. The second-order valence-corrected chi connectivity index (χ2v) is 7.90. The molecule has 3 aromatic rings. The maximum absolute atomic E-state index is 13.3. The van der Waals surface area contributed by atoms with E-state index in [0.29, 0.717) is 17.9 Å². The van der Waals surface area contributed by atoms with Crippen LogP contribution in [0.2, 0.25) is 0 Å². The van der Waals surface area contributed by atoms with Crippen LogP contribution in [0.4, 0.5) is 5.13 Å². The number of aromatic nitrogens is 1. The van der Waals surface area contributed by atoms with Crippen molar-refractivity contribution in [1.82, 2.24) is 9.88 Å². The van der Waals surface area contributed by atoms with Crippen LogP contribution in [0.15, 0.2) is 36.4 Å². The number of rotatable bonds is 6. The number of hydrogen-bond acceptors (Lipinski definition) is 5. The number of carbonyl (C=O) groups is 1. The highest BCUT2D eigenvalue weighted by atomic mass is 35.5. The van der Waals surface area contributed by atoms with Gasteiger partial charge in [0.1, 0.15) is 5.75 Å². The molecule has 1 aromatic heterocycles. The molecule has 0 unspecified atom stereocenters. The van der Waals surface area contributed by atoms with Gasteiger partial charge in [-0.15, -0.1) is 12.4 Å². The fourth-order valence-electron chi connectivity index (χ4n) is 2.78. The summed E-state index contributed by atoms with van der Waals surface area (Å²) in [6, 6.07) is 11.5. The molecule has 0 spiro atoms. The van der Waals surface area contributed by atoms with Crippen LogP contribution in [0, 0.1) is 13.8 Å². The monoisotopic (exact) mass is 419 g/mol. The van der Waals surface area contributed by atoms with E-state index in [1.807, 2.05) is 32.3 Å². The van der Waals surface area contributed by atoms with Crippen LogP contribution in [0.5, 0.6) is 5.75 Å². The molecule has 7 heteroatoms. The molecular formula is C21H26ClN3O2S. The van der Waals surface area contributed by atoms with Crippen molar-refractivity contribution in [1.29, 1.82) is 0 Å². The van der Waals surface area contributed by atoms with Gasteiger partial charge in [0.2, 0.25) is 0 Å². The number of carbonyl (C=O) groups excluding carboxylic acids is 1. The highest BCUT2D eigenvalue weighted by Crippen LogP contribution is 2.31. The normalized spacial score (nSPS) is 10.8. The molecule has 0 aliphatic carbocycles. The summed E-state index contributed by atoms with van der Waals surface area (Å²) in [5.74, 6) is 0.604. The Morgan fingerprint density at radius 2 is 1.82 bits per heavy atom. The maximum Gasteiger partial charge on any atom is 0.260 e. The number of methoxy groups -OCH3 is 1. The van der Waals surface area contributed by atoms with Gasteiger partial charge >= 0.3 is 0 Å². The van der Waals surface area contributed by atoms with E-state index in [4.69, 9.17) is 9.72 Å². The first-order valence-electron chi connectivity index (χ1n) is 8.87. The summed E-state index contributed by atoms with van der Waals surface area (Å²) in [7, 11) is 5.60. The van der Waals surface area contributed by atoms with Crippen LogP contribution >= 0.6 is 23.7 Å².